The first-order valence-electron chi connectivity index (χ1n) is 12.1. The van der Waals surface area contributed by atoms with Crippen LogP contribution < -0.4 is 4.74 Å². The van der Waals surface area contributed by atoms with Gasteiger partial charge in [-0.05, 0) is 47.5 Å². The molecule has 1 saturated heterocycles. The summed E-state index contributed by atoms with van der Waals surface area (Å²) in [4.78, 5) is 29.6. The molecule has 1 aromatic heterocycles. The van der Waals surface area contributed by atoms with Gasteiger partial charge in [-0.25, -0.2) is 5.01 Å². The zero-order chi connectivity index (χ0) is 24.2. The quantitative estimate of drug-likeness (QED) is 0.437. The molecule has 3 heterocycles. The third-order valence-corrected chi connectivity index (χ3v) is 7.74. The van der Waals surface area contributed by atoms with Crippen molar-refractivity contribution < 1.29 is 14.3 Å². The Balaban J connectivity index is 1.31. The van der Waals surface area contributed by atoms with Crippen molar-refractivity contribution in [2.75, 3.05) is 13.7 Å². The van der Waals surface area contributed by atoms with Crippen LogP contribution in [0.3, 0.4) is 0 Å². The molecular weight excluding hydrogens is 458 g/mol. The maximum Gasteiger partial charge on any atom is 0.243 e. The normalized spacial score (nSPS) is 19.6. The number of rotatable bonds is 7. The fraction of sp³-hybridized carbons (Fsp3) is 0.321. The maximum absolute atomic E-state index is 13.4. The van der Waals surface area contributed by atoms with Crippen LogP contribution in [0.15, 0.2) is 77.2 Å². The number of hydrogen-bond acceptors (Lipinski definition) is 5. The van der Waals surface area contributed by atoms with Crippen LogP contribution in [-0.4, -0.2) is 41.1 Å². The zero-order valence-electron chi connectivity index (χ0n) is 19.8. The van der Waals surface area contributed by atoms with Gasteiger partial charge < -0.3 is 9.64 Å². The Bertz CT molecular complexity index is 1190. The first-order chi connectivity index (χ1) is 17.1. The van der Waals surface area contributed by atoms with Gasteiger partial charge in [0.1, 0.15) is 5.75 Å². The Hall–Kier alpha value is -3.45. The zero-order valence-corrected chi connectivity index (χ0v) is 20.6. The topological polar surface area (TPSA) is 62.2 Å². The predicted octanol–water partition coefficient (Wildman–Crippen LogP) is 5.58. The molecule has 5 rings (SSSR count). The highest BCUT2D eigenvalue weighted by Crippen LogP contribution is 2.36. The first-order valence-corrected chi connectivity index (χ1v) is 12.9. The van der Waals surface area contributed by atoms with Crippen LogP contribution in [0.25, 0.3) is 0 Å². The highest BCUT2D eigenvalue weighted by molar-refractivity contribution is 7.10. The summed E-state index contributed by atoms with van der Waals surface area (Å²) in [6.45, 7) is 0.754. The molecule has 0 unspecified atom stereocenters. The molecule has 0 radical (unpaired) electrons. The van der Waals surface area contributed by atoms with Gasteiger partial charge in [0.25, 0.3) is 0 Å². The smallest absolute Gasteiger partial charge is 0.243 e. The molecule has 2 atom stereocenters. The number of carbonyl (C=O) groups excluding carboxylic acids is 2. The number of benzene rings is 2. The minimum absolute atomic E-state index is 0.0432. The number of thiophene rings is 1. The molecule has 2 aliphatic rings. The Morgan fingerprint density at radius 2 is 1.74 bits per heavy atom. The van der Waals surface area contributed by atoms with E-state index in [-0.39, 0.29) is 36.7 Å². The van der Waals surface area contributed by atoms with E-state index in [0.29, 0.717) is 6.42 Å². The number of methoxy groups -OCH3 is 1. The van der Waals surface area contributed by atoms with Crippen molar-refractivity contribution in [1.29, 1.82) is 0 Å². The second kappa shape index (κ2) is 10.4. The van der Waals surface area contributed by atoms with Crippen molar-refractivity contribution in [3.05, 3.63) is 88.1 Å². The van der Waals surface area contributed by atoms with E-state index in [0.717, 1.165) is 42.0 Å². The van der Waals surface area contributed by atoms with Gasteiger partial charge in [0.15, 0.2) is 0 Å². The molecule has 2 aliphatic heterocycles. The Morgan fingerprint density at radius 3 is 2.46 bits per heavy atom. The van der Waals surface area contributed by atoms with Crippen molar-refractivity contribution in [3.63, 3.8) is 0 Å². The van der Waals surface area contributed by atoms with E-state index in [4.69, 9.17) is 9.84 Å². The average Bonchev–Trinajstić information content (AvgIpc) is 3.68. The van der Waals surface area contributed by atoms with Crippen LogP contribution in [0.2, 0.25) is 0 Å². The third-order valence-electron chi connectivity index (χ3n) is 6.77. The fourth-order valence-corrected chi connectivity index (χ4v) is 5.82. The molecular formula is C28H29N3O3S. The second-order valence-corrected chi connectivity index (χ2v) is 9.88. The predicted molar refractivity (Wildman–Crippen MR) is 137 cm³/mol. The summed E-state index contributed by atoms with van der Waals surface area (Å²) in [5.41, 5.74) is 2.88. The molecule has 2 amide bonds. The van der Waals surface area contributed by atoms with Gasteiger partial charge in [0.05, 0.1) is 24.9 Å². The van der Waals surface area contributed by atoms with Crippen LogP contribution in [0.5, 0.6) is 5.75 Å². The lowest BCUT2D eigenvalue weighted by Gasteiger charge is -2.25. The number of likely N-dealkylation sites (tertiary alicyclic amines) is 1. The summed E-state index contributed by atoms with van der Waals surface area (Å²) >= 11 is 1.69. The molecule has 2 aromatic carbocycles. The number of amides is 2. The Morgan fingerprint density at radius 1 is 0.971 bits per heavy atom. The van der Waals surface area contributed by atoms with Gasteiger partial charge in [-0.15, -0.1) is 11.3 Å². The molecule has 35 heavy (non-hydrogen) atoms. The van der Waals surface area contributed by atoms with E-state index < -0.39 is 0 Å². The largest absolute Gasteiger partial charge is 0.497 e. The third kappa shape index (κ3) is 5.00. The fourth-order valence-electron chi connectivity index (χ4n) is 4.94. The molecule has 0 aliphatic carbocycles. The van der Waals surface area contributed by atoms with Crippen LogP contribution in [0.4, 0.5) is 0 Å². The first kappa shape index (κ1) is 23.3. The van der Waals surface area contributed by atoms with Gasteiger partial charge in [-0.2, -0.15) is 5.10 Å². The molecule has 0 N–H and O–H groups in total. The van der Waals surface area contributed by atoms with Gasteiger partial charge >= 0.3 is 0 Å². The van der Waals surface area contributed by atoms with Crippen molar-refractivity contribution in [3.8, 4) is 5.75 Å². The van der Waals surface area contributed by atoms with Crippen LogP contribution >= 0.6 is 11.3 Å². The van der Waals surface area contributed by atoms with E-state index in [9.17, 15) is 9.59 Å². The molecule has 180 valence electrons. The van der Waals surface area contributed by atoms with Gasteiger partial charge in [0, 0.05) is 30.7 Å². The van der Waals surface area contributed by atoms with Gasteiger partial charge in [0.2, 0.25) is 11.8 Å². The second-order valence-electron chi connectivity index (χ2n) is 8.90. The number of ether oxygens (including phenoxy) is 1. The summed E-state index contributed by atoms with van der Waals surface area (Å²) in [6.07, 6.45) is 2.95. The van der Waals surface area contributed by atoms with Gasteiger partial charge in [-0.3, -0.25) is 9.59 Å². The van der Waals surface area contributed by atoms with E-state index >= 15 is 0 Å². The lowest BCUT2D eigenvalue weighted by Crippen LogP contribution is -2.32. The number of hydrogen-bond donors (Lipinski definition) is 0. The van der Waals surface area contributed by atoms with Crippen molar-refractivity contribution >= 4 is 28.9 Å². The standard InChI is InChI=1S/C28H29N3O3S/c1-34-22-13-11-21(12-14-22)25-19-23(20-7-3-2-4-8-20)29-31(25)28(33)16-15-27(32)30-17-5-9-24(30)26-10-6-18-35-26/h2-4,6-8,10-14,18,24-25H,5,9,15-17,19H2,1H3/t24-,25+/m1/s1. The molecule has 0 spiro atoms. The van der Waals surface area contributed by atoms with Crippen molar-refractivity contribution in [2.45, 2.75) is 44.2 Å². The average molecular weight is 488 g/mol. The summed E-state index contributed by atoms with van der Waals surface area (Å²) < 4.78 is 5.30. The number of hydrazone groups is 1. The molecule has 3 aromatic rings. The van der Waals surface area contributed by atoms with E-state index in [1.54, 1.807) is 23.5 Å². The summed E-state index contributed by atoms with van der Waals surface area (Å²) in [5.74, 6) is 0.684. The highest BCUT2D eigenvalue weighted by atomic mass is 32.1. The molecule has 0 saturated carbocycles. The lowest BCUT2D eigenvalue weighted by atomic mass is 9.98. The number of carbonyl (C=O) groups is 2. The van der Waals surface area contributed by atoms with Crippen molar-refractivity contribution in [2.24, 2.45) is 5.10 Å². The molecule has 0 bridgehead atoms. The van der Waals surface area contributed by atoms with Crippen LogP contribution in [0, 0.1) is 0 Å². The van der Waals surface area contributed by atoms with Crippen LogP contribution in [-0.2, 0) is 9.59 Å². The van der Waals surface area contributed by atoms with Crippen LogP contribution in [0.1, 0.15) is 60.2 Å². The Labute approximate surface area is 209 Å². The van der Waals surface area contributed by atoms with E-state index in [1.807, 2.05) is 65.6 Å². The summed E-state index contributed by atoms with van der Waals surface area (Å²) in [7, 11) is 1.64. The van der Waals surface area contributed by atoms with E-state index in [1.165, 1.54) is 4.88 Å². The summed E-state index contributed by atoms with van der Waals surface area (Å²) in [6, 6.07) is 21.8. The molecule has 1 fully saturated rings. The monoisotopic (exact) mass is 487 g/mol. The SMILES string of the molecule is COc1ccc([C@@H]2CC(c3ccccc3)=NN2C(=O)CCC(=O)N2CCC[C@@H]2c2cccs2)cc1. The number of nitrogens with zero attached hydrogens (tertiary/aromatic N) is 3. The highest BCUT2D eigenvalue weighted by Gasteiger charge is 2.35. The molecule has 7 heteroatoms. The van der Waals surface area contributed by atoms with Crippen molar-refractivity contribution in [1.82, 2.24) is 9.91 Å². The maximum atomic E-state index is 13.4. The van der Waals surface area contributed by atoms with Gasteiger partial charge in [-0.1, -0.05) is 48.5 Å². The minimum Gasteiger partial charge on any atom is -0.497 e. The molecule has 6 nitrogen and oxygen atoms in total. The van der Waals surface area contributed by atoms with E-state index in [2.05, 4.69) is 11.4 Å². The summed E-state index contributed by atoms with van der Waals surface area (Å²) in [5, 5.41) is 8.37. The minimum atomic E-state index is -0.204. The lowest BCUT2D eigenvalue weighted by molar-refractivity contribution is -0.138. The Kier molecular flexibility index (Phi) is 6.95.